The van der Waals surface area contributed by atoms with Crippen molar-refractivity contribution in [3.8, 4) is 17.0 Å². The van der Waals surface area contributed by atoms with Gasteiger partial charge in [0.15, 0.2) is 30.6 Å². The van der Waals surface area contributed by atoms with E-state index < -0.39 is 23.4 Å². The number of aliphatic hydroxyl groups excluding tert-OH is 1. The summed E-state index contributed by atoms with van der Waals surface area (Å²) in [4.78, 5) is 29.6. The van der Waals surface area contributed by atoms with Gasteiger partial charge in [0.05, 0.1) is 54.5 Å². The maximum absolute atomic E-state index is 14.6. The van der Waals surface area contributed by atoms with E-state index in [1.165, 1.54) is 55.3 Å². The number of hydrogen-bond donors (Lipinski definition) is 3. The molecule has 0 radical (unpaired) electrons. The highest BCUT2D eigenvalue weighted by Crippen LogP contribution is 2.30. The highest BCUT2D eigenvalue weighted by atomic mass is 35.5. The molecule has 0 aliphatic heterocycles. The number of imidazole rings is 1. The molecule has 2 amide bonds. The van der Waals surface area contributed by atoms with Gasteiger partial charge in [-0.2, -0.15) is 9.07 Å². The van der Waals surface area contributed by atoms with Gasteiger partial charge in [-0.05, 0) is 30.3 Å². The van der Waals surface area contributed by atoms with Gasteiger partial charge in [-0.15, -0.1) is 4.68 Å². The second-order valence-electron chi connectivity index (χ2n) is 8.59. The first-order valence-electron chi connectivity index (χ1n) is 11.7. The average molecular weight is 560 g/mol. The molecule has 0 spiro atoms. The molecule has 39 heavy (non-hydrogen) atoms. The lowest BCUT2D eigenvalue weighted by atomic mass is 10.1. The Bertz CT molecular complexity index is 1550. The molecule has 10 nitrogen and oxygen atoms in total. The van der Waals surface area contributed by atoms with Crippen molar-refractivity contribution in [2.75, 3.05) is 19.0 Å². The highest BCUT2D eigenvalue weighted by molar-refractivity contribution is 6.34. The lowest BCUT2D eigenvalue weighted by Gasteiger charge is -2.11. The first-order valence-corrected chi connectivity index (χ1v) is 12.1. The Labute approximate surface area is 227 Å². The van der Waals surface area contributed by atoms with Crippen molar-refractivity contribution in [1.82, 2.24) is 19.5 Å². The van der Waals surface area contributed by atoms with Crippen LogP contribution in [0.3, 0.4) is 0 Å². The Morgan fingerprint density at radius 3 is 2.64 bits per heavy atom. The first kappa shape index (κ1) is 27.7. The molecule has 0 aliphatic rings. The summed E-state index contributed by atoms with van der Waals surface area (Å²) in [6.07, 6.45) is 4.91. The summed E-state index contributed by atoms with van der Waals surface area (Å²) in [5.74, 6) is -3.59. The van der Waals surface area contributed by atoms with Crippen LogP contribution in [0, 0.1) is 11.6 Å². The van der Waals surface area contributed by atoms with Crippen molar-refractivity contribution in [2.24, 2.45) is 14.1 Å². The molecule has 0 aliphatic carbocycles. The van der Waals surface area contributed by atoms with E-state index in [2.05, 4.69) is 15.6 Å². The number of aliphatic hydroxyl groups is 1. The third-order valence-corrected chi connectivity index (χ3v) is 6.37. The number of rotatable bonds is 9. The van der Waals surface area contributed by atoms with Crippen LogP contribution >= 0.6 is 11.6 Å². The van der Waals surface area contributed by atoms with Gasteiger partial charge in [0, 0.05) is 18.3 Å². The smallest absolute Gasteiger partial charge is 0.291 e. The van der Waals surface area contributed by atoms with E-state index in [9.17, 15) is 18.4 Å². The summed E-state index contributed by atoms with van der Waals surface area (Å²) in [7, 11) is 4.56. The van der Waals surface area contributed by atoms with E-state index in [0.29, 0.717) is 12.2 Å². The van der Waals surface area contributed by atoms with E-state index in [1.807, 2.05) is 24.1 Å². The molecule has 0 bridgehead atoms. The largest absolute Gasteiger partial charge is 0.494 e. The van der Waals surface area contributed by atoms with Crippen molar-refractivity contribution in [2.45, 2.75) is 13.1 Å². The fourth-order valence-corrected chi connectivity index (χ4v) is 4.31. The van der Waals surface area contributed by atoms with Crippen LogP contribution in [0.1, 0.15) is 26.5 Å². The molecule has 0 fully saturated rings. The Kier molecular flexibility index (Phi) is 8.27. The van der Waals surface area contributed by atoms with Crippen LogP contribution in [-0.4, -0.2) is 44.9 Å². The second kappa shape index (κ2) is 11.6. The molecular weight excluding hydrogens is 534 g/mol. The summed E-state index contributed by atoms with van der Waals surface area (Å²) < 4.78 is 38.5. The number of carbonyl (C=O) groups excluding carboxylic acids is 2. The Morgan fingerprint density at radius 2 is 1.95 bits per heavy atom. The minimum Gasteiger partial charge on any atom is -0.494 e. The molecule has 204 valence electrons. The quantitative estimate of drug-likeness (QED) is 0.273. The maximum Gasteiger partial charge on any atom is 0.291 e. The normalized spacial score (nSPS) is 10.9. The van der Waals surface area contributed by atoms with Crippen LogP contribution in [0.2, 0.25) is 5.02 Å². The third-order valence-electron chi connectivity index (χ3n) is 6.06. The molecule has 0 saturated carbocycles. The monoisotopic (exact) mass is 559 g/mol. The summed E-state index contributed by atoms with van der Waals surface area (Å²) >= 11 is 6.32. The maximum atomic E-state index is 14.6. The lowest BCUT2D eigenvalue weighted by molar-refractivity contribution is -0.753. The minimum atomic E-state index is -1.14. The van der Waals surface area contributed by atoms with Crippen molar-refractivity contribution in [1.29, 1.82) is 0 Å². The first-order chi connectivity index (χ1) is 18.6. The topological polar surface area (TPSA) is 114 Å². The van der Waals surface area contributed by atoms with Crippen molar-refractivity contribution in [3.05, 3.63) is 82.5 Å². The van der Waals surface area contributed by atoms with Gasteiger partial charge in [0.1, 0.15) is 6.54 Å². The molecule has 2 aromatic heterocycles. The molecule has 0 atom stereocenters. The third kappa shape index (κ3) is 5.76. The summed E-state index contributed by atoms with van der Waals surface area (Å²) in [5, 5.41) is 14.7. The van der Waals surface area contributed by atoms with E-state index in [-0.39, 0.29) is 46.6 Å². The van der Waals surface area contributed by atoms with Crippen LogP contribution in [0.25, 0.3) is 11.3 Å². The SMILES string of the molecule is COc1ccc(-c2cnc(C(=O)Nc3ccc(C(=O)NCc4cn(CCO)[n+](C)c4)c(Cl)c3)n2C)c(F)c1F. The number of amides is 2. The summed E-state index contributed by atoms with van der Waals surface area (Å²) in [6, 6.07) is 7.04. The van der Waals surface area contributed by atoms with Crippen LogP contribution in [-0.2, 0) is 27.2 Å². The zero-order valence-electron chi connectivity index (χ0n) is 21.3. The van der Waals surface area contributed by atoms with Crippen molar-refractivity contribution in [3.63, 3.8) is 0 Å². The number of anilines is 1. The van der Waals surface area contributed by atoms with Gasteiger partial charge < -0.3 is 25.0 Å². The van der Waals surface area contributed by atoms with Crippen LogP contribution in [0.4, 0.5) is 14.5 Å². The zero-order chi connectivity index (χ0) is 28.3. The highest BCUT2D eigenvalue weighted by Gasteiger charge is 2.22. The van der Waals surface area contributed by atoms with Gasteiger partial charge in [-0.3, -0.25) is 9.59 Å². The standard InChI is InChI=1S/C26H25ClF2N6O4/c1-33-13-15(14-35(33)8-9-36)11-31-25(37)17-5-4-16(10-19(17)27)32-26(38)24-30-12-20(34(24)2)18-6-7-21(39-3)23(29)22(18)28/h4-7,10,12-14,36H,8-9,11H2,1-3H3,(H-,31,32,37,38)/p+1. The van der Waals surface area contributed by atoms with Crippen LogP contribution in [0.15, 0.2) is 48.9 Å². The van der Waals surface area contributed by atoms with E-state index in [4.69, 9.17) is 21.4 Å². The lowest BCUT2D eigenvalue weighted by Crippen LogP contribution is -2.38. The Hall–Kier alpha value is -4.29. The number of ether oxygens (including phenoxy) is 1. The van der Waals surface area contributed by atoms with Gasteiger partial charge in [0.25, 0.3) is 11.8 Å². The molecule has 0 unspecified atom stereocenters. The van der Waals surface area contributed by atoms with E-state index in [0.717, 1.165) is 5.56 Å². The predicted molar refractivity (Wildman–Crippen MR) is 138 cm³/mol. The molecule has 13 heteroatoms. The fraction of sp³-hybridized carbons (Fsp3) is 0.231. The average Bonchev–Trinajstić information content (AvgIpc) is 3.46. The number of nitrogens with one attached hydrogen (secondary N) is 2. The van der Waals surface area contributed by atoms with Gasteiger partial charge >= 0.3 is 0 Å². The number of methoxy groups -OCH3 is 1. The Morgan fingerprint density at radius 1 is 1.18 bits per heavy atom. The van der Waals surface area contributed by atoms with E-state index in [1.54, 1.807) is 4.68 Å². The molecular formula is C26H26ClF2N6O4+. The number of carbonyl (C=O) groups is 2. The van der Waals surface area contributed by atoms with Gasteiger partial charge in [-0.1, -0.05) is 11.6 Å². The molecule has 0 saturated heterocycles. The number of hydrogen-bond acceptors (Lipinski definition) is 5. The number of nitrogens with zero attached hydrogens (tertiary/aromatic N) is 4. The molecule has 2 aromatic carbocycles. The van der Waals surface area contributed by atoms with Gasteiger partial charge in [-0.25, -0.2) is 9.37 Å². The minimum absolute atomic E-state index is 0.00464. The van der Waals surface area contributed by atoms with Crippen LogP contribution in [0.5, 0.6) is 5.75 Å². The van der Waals surface area contributed by atoms with E-state index >= 15 is 0 Å². The number of aryl methyl sites for hydroxylation is 1. The fourth-order valence-electron chi connectivity index (χ4n) is 4.05. The molecule has 3 N–H and O–H groups in total. The second-order valence-corrected chi connectivity index (χ2v) is 9.00. The molecule has 2 heterocycles. The predicted octanol–water partition coefficient (Wildman–Crippen LogP) is 2.83. The summed E-state index contributed by atoms with van der Waals surface area (Å²) in [6.45, 7) is 0.676. The van der Waals surface area contributed by atoms with Crippen molar-refractivity contribution < 1.29 is 32.9 Å². The molecule has 4 aromatic rings. The van der Waals surface area contributed by atoms with Gasteiger partial charge in [0.2, 0.25) is 5.82 Å². The summed E-state index contributed by atoms with van der Waals surface area (Å²) in [5.41, 5.74) is 1.46. The zero-order valence-corrected chi connectivity index (χ0v) is 22.1. The van der Waals surface area contributed by atoms with Crippen LogP contribution < -0.4 is 20.1 Å². The number of halogens is 3. The number of aromatic nitrogens is 4. The number of benzene rings is 2. The molecule has 4 rings (SSSR count). The Balaban J connectivity index is 1.44. The van der Waals surface area contributed by atoms with Crippen molar-refractivity contribution >= 4 is 29.1 Å².